The third kappa shape index (κ3) is 3.61. The summed E-state index contributed by atoms with van der Waals surface area (Å²) in [7, 11) is 0. The van der Waals surface area contributed by atoms with Gasteiger partial charge >= 0.3 is 0 Å². The van der Waals surface area contributed by atoms with E-state index >= 15 is 0 Å². The Morgan fingerprint density at radius 2 is 1.79 bits per heavy atom. The lowest BCUT2D eigenvalue weighted by Gasteiger charge is -2.20. The fraction of sp³-hybridized carbons (Fsp3) is 0.267. The van der Waals surface area contributed by atoms with Gasteiger partial charge < -0.3 is 5.32 Å². The van der Waals surface area contributed by atoms with Crippen LogP contribution in [0.2, 0.25) is 0 Å². The van der Waals surface area contributed by atoms with Gasteiger partial charge in [-0.05, 0) is 45.0 Å². The molecule has 2 aromatic rings. The molecule has 4 nitrogen and oxygen atoms in total. The molecule has 0 saturated heterocycles. The van der Waals surface area contributed by atoms with Crippen molar-refractivity contribution < 1.29 is 4.79 Å². The molecule has 0 aliphatic heterocycles. The maximum Gasteiger partial charge on any atom is 0.253 e. The van der Waals surface area contributed by atoms with Crippen molar-refractivity contribution >= 4 is 5.91 Å². The minimum atomic E-state index is -0.253. The van der Waals surface area contributed by atoms with E-state index in [-0.39, 0.29) is 11.4 Å². The standard InChI is InChI=1S/C15H17N3O/c1-15(2,3)18-14(19)11-7-8-13(17-10-11)12-6-4-5-9-16-12/h4-10H,1-3H3,(H,18,19). The summed E-state index contributed by atoms with van der Waals surface area (Å²) in [5.41, 5.74) is 1.85. The highest BCUT2D eigenvalue weighted by Gasteiger charge is 2.15. The summed E-state index contributed by atoms with van der Waals surface area (Å²) < 4.78 is 0. The van der Waals surface area contributed by atoms with Gasteiger partial charge in [-0.25, -0.2) is 0 Å². The number of hydrogen-bond donors (Lipinski definition) is 1. The highest BCUT2D eigenvalue weighted by atomic mass is 16.1. The lowest BCUT2D eigenvalue weighted by Crippen LogP contribution is -2.40. The van der Waals surface area contributed by atoms with Crippen LogP contribution in [-0.2, 0) is 0 Å². The number of pyridine rings is 2. The number of nitrogens with one attached hydrogen (secondary N) is 1. The van der Waals surface area contributed by atoms with E-state index < -0.39 is 0 Å². The first-order valence-corrected chi connectivity index (χ1v) is 6.16. The molecule has 2 heterocycles. The smallest absolute Gasteiger partial charge is 0.253 e. The molecule has 19 heavy (non-hydrogen) atoms. The second-order valence-corrected chi connectivity index (χ2v) is 5.35. The number of carbonyl (C=O) groups excluding carboxylic acids is 1. The first kappa shape index (κ1) is 13.2. The van der Waals surface area contributed by atoms with E-state index in [2.05, 4.69) is 15.3 Å². The lowest BCUT2D eigenvalue weighted by molar-refractivity contribution is 0.0919. The van der Waals surface area contributed by atoms with E-state index in [0.29, 0.717) is 5.56 Å². The van der Waals surface area contributed by atoms with E-state index in [0.717, 1.165) is 11.4 Å². The number of carbonyl (C=O) groups is 1. The molecule has 0 aliphatic carbocycles. The number of hydrogen-bond acceptors (Lipinski definition) is 3. The summed E-state index contributed by atoms with van der Waals surface area (Å²) in [6.07, 6.45) is 3.29. The van der Waals surface area contributed by atoms with Gasteiger partial charge in [-0.3, -0.25) is 14.8 Å². The maximum absolute atomic E-state index is 11.9. The van der Waals surface area contributed by atoms with Crippen molar-refractivity contribution in [3.05, 3.63) is 48.3 Å². The largest absolute Gasteiger partial charge is 0.347 e. The number of rotatable bonds is 2. The second-order valence-electron chi connectivity index (χ2n) is 5.35. The predicted molar refractivity (Wildman–Crippen MR) is 74.7 cm³/mol. The zero-order valence-electron chi connectivity index (χ0n) is 11.3. The number of nitrogens with zero attached hydrogens (tertiary/aromatic N) is 2. The zero-order valence-corrected chi connectivity index (χ0v) is 11.3. The van der Waals surface area contributed by atoms with Crippen LogP contribution in [0.1, 0.15) is 31.1 Å². The molecule has 0 fully saturated rings. The second kappa shape index (κ2) is 5.18. The van der Waals surface area contributed by atoms with Crippen LogP contribution in [0.15, 0.2) is 42.7 Å². The van der Waals surface area contributed by atoms with E-state index in [1.807, 2.05) is 39.0 Å². The molecular weight excluding hydrogens is 238 g/mol. The van der Waals surface area contributed by atoms with Gasteiger partial charge in [0.15, 0.2) is 0 Å². The molecular formula is C15H17N3O. The fourth-order valence-corrected chi connectivity index (χ4v) is 1.61. The molecule has 0 spiro atoms. The summed E-state index contributed by atoms with van der Waals surface area (Å²) in [6, 6.07) is 9.22. The summed E-state index contributed by atoms with van der Waals surface area (Å²) in [4.78, 5) is 20.4. The molecule has 1 N–H and O–H groups in total. The van der Waals surface area contributed by atoms with Crippen LogP contribution in [-0.4, -0.2) is 21.4 Å². The van der Waals surface area contributed by atoms with Crippen LogP contribution in [0.25, 0.3) is 11.4 Å². The Bertz CT molecular complexity index is 556. The summed E-state index contributed by atoms with van der Waals surface area (Å²) >= 11 is 0. The quantitative estimate of drug-likeness (QED) is 0.897. The normalized spacial score (nSPS) is 11.1. The predicted octanol–water partition coefficient (Wildman–Crippen LogP) is 2.67. The molecule has 0 aliphatic rings. The fourth-order valence-electron chi connectivity index (χ4n) is 1.61. The summed E-state index contributed by atoms with van der Waals surface area (Å²) in [6.45, 7) is 5.84. The molecule has 0 unspecified atom stereocenters. The van der Waals surface area contributed by atoms with Gasteiger partial charge in [0.25, 0.3) is 5.91 Å². The monoisotopic (exact) mass is 255 g/mol. The van der Waals surface area contributed by atoms with Crippen molar-refractivity contribution in [1.29, 1.82) is 0 Å². The molecule has 0 aromatic carbocycles. The summed E-state index contributed by atoms with van der Waals surface area (Å²) in [5.74, 6) is -0.118. The third-order valence-corrected chi connectivity index (χ3v) is 2.44. The van der Waals surface area contributed by atoms with Gasteiger partial charge in [0.05, 0.1) is 17.0 Å². The lowest BCUT2D eigenvalue weighted by atomic mass is 10.1. The molecule has 1 amide bonds. The van der Waals surface area contributed by atoms with Gasteiger partial charge in [0.2, 0.25) is 0 Å². The SMILES string of the molecule is CC(C)(C)NC(=O)c1ccc(-c2ccccn2)nc1. The first-order chi connectivity index (χ1) is 8.96. The van der Waals surface area contributed by atoms with Crippen molar-refractivity contribution in [1.82, 2.24) is 15.3 Å². The van der Waals surface area contributed by atoms with Crippen molar-refractivity contribution in [2.24, 2.45) is 0 Å². The minimum Gasteiger partial charge on any atom is -0.347 e. The Morgan fingerprint density at radius 1 is 1.05 bits per heavy atom. The molecule has 98 valence electrons. The molecule has 2 aromatic heterocycles. The Balaban J connectivity index is 2.17. The van der Waals surface area contributed by atoms with Crippen LogP contribution >= 0.6 is 0 Å². The molecule has 0 bridgehead atoms. The maximum atomic E-state index is 11.9. The van der Waals surface area contributed by atoms with E-state index in [1.54, 1.807) is 24.5 Å². The molecule has 0 saturated carbocycles. The van der Waals surface area contributed by atoms with Gasteiger partial charge in [-0.2, -0.15) is 0 Å². The topological polar surface area (TPSA) is 54.9 Å². The highest BCUT2D eigenvalue weighted by Crippen LogP contribution is 2.13. The molecule has 0 radical (unpaired) electrons. The van der Waals surface area contributed by atoms with Crippen molar-refractivity contribution in [3.8, 4) is 11.4 Å². The third-order valence-electron chi connectivity index (χ3n) is 2.44. The molecule has 0 atom stereocenters. The van der Waals surface area contributed by atoms with Gasteiger partial charge in [0, 0.05) is 17.9 Å². The van der Waals surface area contributed by atoms with Crippen LogP contribution in [0.5, 0.6) is 0 Å². The Hall–Kier alpha value is -2.23. The van der Waals surface area contributed by atoms with Gasteiger partial charge in [0.1, 0.15) is 0 Å². The average molecular weight is 255 g/mol. The first-order valence-electron chi connectivity index (χ1n) is 6.16. The van der Waals surface area contributed by atoms with Gasteiger partial charge in [-0.1, -0.05) is 6.07 Å². The van der Waals surface area contributed by atoms with E-state index in [4.69, 9.17) is 0 Å². The Morgan fingerprint density at radius 3 is 2.32 bits per heavy atom. The number of aromatic nitrogens is 2. The average Bonchev–Trinajstić information content (AvgIpc) is 2.38. The minimum absolute atomic E-state index is 0.118. The Kier molecular flexibility index (Phi) is 3.60. The zero-order chi connectivity index (χ0) is 13.9. The van der Waals surface area contributed by atoms with Crippen LogP contribution in [0.3, 0.4) is 0 Å². The van der Waals surface area contributed by atoms with Crippen molar-refractivity contribution in [2.75, 3.05) is 0 Å². The van der Waals surface area contributed by atoms with Crippen molar-refractivity contribution in [2.45, 2.75) is 26.3 Å². The van der Waals surface area contributed by atoms with Crippen LogP contribution in [0, 0.1) is 0 Å². The van der Waals surface area contributed by atoms with Crippen LogP contribution in [0.4, 0.5) is 0 Å². The molecule has 4 heteroatoms. The highest BCUT2D eigenvalue weighted by molar-refractivity contribution is 5.94. The summed E-state index contributed by atoms with van der Waals surface area (Å²) in [5, 5.41) is 2.90. The Labute approximate surface area is 112 Å². The van der Waals surface area contributed by atoms with Crippen LogP contribution < -0.4 is 5.32 Å². The van der Waals surface area contributed by atoms with E-state index in [9.17, 15) is 4.79 Å². The molecule has 2 rings (SSSR count). The number of amides is 1. The van der Waals surface area contributed by atoms with Crippen molar-refractivity contribution in [3.63, 3.8) is 0 Å². The van der Waals surface area contributed by atoms with E-state index in [1.165, 1.54) is 0 Å². The van der Waals surface area contributed by atoms with Gasteiger partial charge in [-0.15, -0.1) is 0 Å².